The van der Waals surface area contributed by atoms with E-state index < -0.39 is 0 Å². The fourth-order valence-corrected chi connectivity index (χ4v) is 2.84. The fourth-order valence-electron chi connectivity index (χ4n) is 2.84. The van der Waals surface area contributed by atoms with Crippen LogP contribution in [0.2, 0.25) is 0 Å². The van der Waals surface area contributed by atoms with Gasteiger partial charge in [0, 0.05) is 24.4 Å². The average Bonchev–Trinajstić information content (AvgIpc) is 3.12. The molecular weight excluding hydrogens is 250 g/mol. The zero-order valence-electron chi connectivity index (χ0n) is 11.9. The summed E-state index contributed by atoms with van der Waals surface area (Å²) in [4.78, 5) is 0. The summed E-state index contributed by atoms with van der Waals surface area (Å²) in [5, 5.41) is 0. The average molecular weight is 271 g/mol. The molecule has 0 saturated heterocycles. The maximum atomic E-state index is 6.29. The van der Waals surface area contributed by atoms with E-state index in [1.54, 1.807) is 6.26 Å². The van der Waals surface area contributed by atoms with Crippen LogP contribution in [0.3, 0.4) is 0 Å². The van der Waals surface area contributed by atoms with E-state index in [1.165, 1.54) is 11.1 Å². The number of aryl methyl sites for hydroxylation is 2. The third kappa shape index (κ3) is 2.59. The van der Waals surface area contributed by atoms with Crippen LogP contribution in [0.4, 0.5) is 0 Å². The maximum Gasteiger partial charge on any atom is 0.122 e. The van der Waals surface area contributed by atoms with Crippen LogP contribution in [0.1, 0.15) is 41.8 Å². The van der Waals surface area contributed by atoms with Gasteiger partial charge in [-0.05, 0) is 36.1 Å². The first kappa shape index (κ1) is 13.3. The SMILES string of the molecule is CCc1occc1C(N)CCc1ccc2c(c1)CCO2. The first-order valence-corrected chi connectivity index (χ1v) is 7.34. The van der Waals surface area contributed by atoms with Gasteiger partial charge in [0.2, 0.25) is 0 Å². The minimum Gasteiger partial charge on any atom is -0.493 e. The molecule has 1 aromatic heterocycles. The van der Waals surface area contributed by atoms with Crippen molar-refractivity contribution in [3.05, 3.63) is 53.0 Å². The Morgan fingerprint density at radius 3 is 3.05 bits per heavy atom. The molecule has 2 aromatic rings. The summed E-state index contributed by atoms with van der Waals surface area (Å²) in [5.41, 5.74) is 10.1. The highest BCUT2D eigenvalue weighted by molar-refractivity contribution is 5.39. The molecule has 106 valence electrons. The second kappa shape index (κ2) is 5.71. The Bertz CT molecular complexity index is 588. The molecule has 3 rings (SSSR count). The number of fused-ring (bicyclic) bond motifs is 1. The van der Waals surface area contributed by atoms with Gasteiger partial charge < -0.3 is 14.9 Å². The summed E-state index contributed by atoms with van der Waals surface area (Å²) in [6, 6.07) is 8.53. The van der Waals surface area contributed by atoms with Gasteiger partial charge in [0.05, 0.1) is 12.9 Å². The summed E-state index contributed by atoms with van der Waals surface area (Å²) in [6.07, 6.45) is 5.58. The first-order chi connectivity index (χ1) is 9.78. The molecule has 1 aliphatic heterocycles. The van der Waals surface area contributed by atoms with Crippen molar-refractivity contribution in [2.75, 3.05) is 6.61 Å². The Balaban J connectivity index is 1.64. The molecule has 3 nitrogen and oxygen atoms in total. The van der Waals surface area contributed by atoms with Gasteiger partial charge in [-0.25, -0.2) is 0 Å². The third-order valence-electron chi connectivity index (χ3n) is 4.00. The molecule has 0 bridgehead atoms. The number of nitrogens with two attached hydrogens (primary N) is 1. The van der Waals surface area contributed by atoms with Crippen LogP contribution in [-0.4, -0.2) is 6.61 Å². The molecule has 1 aliphatic rings. The number of ether oxygens (including phenoxy) is 1. The van der Waals surface area contributed by atoms with Crippen LogP contribution < -0.4 is 10.5 Å². The van der Waals surface area contributed by atoms with Crippen molar-refractivity contribution < 1.29 is 9.15 Å². The Kier molecular flexibility index (Phi) is 3.79. The molecular formula is C17H21NO2. The summed E-state index contributed by atoms with van der Waals surface area (Å²) >= 11 is 0. The van der Waals surface area contributed by atoms with Crippen LogP contribution >= 0.6 is 0 Å². The molecule has 1 atom stereocenters. The normalized spacial score (nSPS) is 14.9. The number of hydrogen-bond donors (Lipinski definition) is 1. The molecule has 2 N–H and O–H groups in total. The zero-order valence-corrected chi connectivity index (χ0v) is 11.9. The lowest BCUT2D eigenvalue weighted by Gasteiger charge is -2.12. The van der Waals surface area contributed by atoms with E-state index in [0.29, 0.717) is 0 Å². The van der Waals surface area contributed by atoms with Gasteiger partial charge in [-0.15, -0.1) is 0 Å². The highest BCUT2D eigenvalue weighted by atomic mass is 16.5. The predicted molar refractivity (Wildman–Crippen MR) is 79.0 cm³/mol. The lowest BCUT2D eigenvalue weighted by molar-refractivity contribution is 0.357. The van der Waals surface area contributed by atoms with E-state index in [-0.39, 0.29) is 6.04 Å². The minimum atomic E-state index is 0.0493. The van der Waals surface area contributed by atoms with E-state index in [1.807, 2.05) is 6.07 Å². The molecule has 1 aromatic carbocycles. The summed E-state index contributed by atoms with van der Waals surface area (Å²) in [6.45, 7) is 2.91. The van der Waals surface area contributed by atoms with Gasteiger partial charge in [-0.3, -0.25) is 0 Å². The molecule has 3 heteroatoms. The van der Waals surface area contributed by atoms with Gasteiger partial charge in [0.1, 0.15) is 11.5 Å². The summed E-state index contributed by atoms with van der Waals surface area (Å²) < 4.78 is 11.0. The van der Waals surface area contributed by atoms with Crippen LogP contribution in [0.25, 0.3) is 0 Å². The van der Waals surface area contributed by atoms with E-state index in [4.69, 9.17) is 14.9 Å². The molecule has 0 fully saturated rings. The van der Waals surface area contributed by atoms with E-state index in [9.17, 15) is 0 Å². The van der Waals surface area contributed by atoms with Crippen molar-refractivity contribution in [3.63, 3.8) is 0 Å². The second-order valence-corrected chi connectivity index (χ2v) is 5.34. The number of furan rings is 1. The topological polar surface area (TPSA) is 48.4 Å². The van der Waals surface area contributed by atoms with Gasteiger partial charge in [0.15, 0.2) is 0 Å². The standard InChI is InChI=1S/C17H21NO2/c1-2-16-14(8-10-19-16)15(18)5-3-12-4-6-17-13(11-12)7-9-20-17/h4,6,8,10-11,15H,2-3,5,7,9,18H2,1H3. The third-order valence-corrected chi connectivity index (χ3v) is 4.00. The van der Waals surface area contributed by atoms with Gasteiger partial charge in [0.25, 0.3) is 0 Å². The predicted octanol–water partition coefficient (Wildman–Crippen LogP) is 3.41. The van der Waals surface area contributed by atoms with Crippen LogP contribution in [0.5, 0.6) is 5.75 Å². The lowest BCUT2D eigenvalue weighted by Crippen LogP contribution is -2.12. The van der Waals surface area contributed by atoms with Gasteiger partial charge >= 0.3 is 0 Å². The highest BCUT2D eigenvalue weighted by Crippen LogP contribution is 2.27. The van der Waals surface area contributed by atoms with Crippen molar-refractivity contribution in [1.82, 2.24) is 0 Å². The minimum absolute atomic E-state index is 0.0493. The molecule has 0 amide bonds. The molecule has 1 unspecified atom stereocenters. The molecule has 0 saturated carbocycles. The van der Waals surface area contributed by atoms with E-state index >= 15 is 0 Å². The van der Waals surface area contributed by atoms with Gasteiger partial charge in [-0.1, -0.05) is 19.1 Å². The molecule has 20 heavy (non-hydrogen) atoms. The summed E-state index contributed by atoms with van der Waals surface area (Å²) in [5.74, 6) is 2.06. The Morgan fingerprint density at radius 1 is 1.30 bits per heavy atom. The van der Waals surface area contributed by atoms with Crippen LogP contribution in [0, 0.1) is 0 Å². The van der Waals surface area contributed by atoms with E-state index in [2.05, 4.69) is 25.1 Å². The number of benzene rings is 1. The largest absolute Gasteiger partial charge is 0.493 e. The van der Waals surface area contributed by atoms with Crippen molar-refractivity contribution in [1.29, 1.82) is 0 Å². The van der Waals surface area contributed by atoms with Crippen molar-refractivity contribution >= 4 is 0 Å². The maximum absolute atomic E-state index is 6.29. The Labute approximate surface area is 119 Å². The van der Waals surface area contributed by atoms with Crippen LogP contribution in [-0.2, 0) is 19.3 Å². The monoisotopic (exact) mass is 271 g/mol. The first-order valence-electron chi connectivity index (χ1n) is 7.34. The smallest absolute Gasteiger partial charge is 0.122 e. The molecule has 0 spiro atoms. The van der Waals surface area contributed by atoms with Crippen LogP contribution in [0.15, 0.2) is 34.9 Å². The number of rotatable bonds is 5. The highest BCUT2D eigenvalue weighted by Gasteiger charge is 2.15. The van der Waals surface area contributed by atoms with Crippen molar-refractivity contribution in [2.24, 2.45) is 5.73 Å². The number of hydrogen-bond acceptors (Lipinski definition) is 3. The summed E-state index contributed by atoms with van der Waals surface area (Å²) in [7, 11) is 0. The Morgan fingerprint density at radius 2 is 2.20 bits per heavy atom. The van der Waals surface area contributed by atoms with Crippen molar-refractivity contribution in [3.8, 4) is 5.75 Å². The fraction of sp³-hybridized carbons (Fsp3) is 0.412. The molecule has 0 aliphatic carbocycles. The second-order valence-electron chi connectivity index (χ2n) is 5.34. The van der Waals surface area contributed by atoms with Crippen molar-refractivity contribution in [2.45, 2.75) is 38.6 Å². The quantitative estimate of drug-likeness (QED) is 0.906. The Hall–Kier alpha value is -1.74. The molecule has 0 radical (unpaired) electrons. The van der Waals surface area contributed by atoms with Gasteiger partial charge in [-0.2, -0.15) is 0 Å². The lowest BCUT2D eigenvalue weighted by atomic mass is 9.98. The van der Waals surface area contributed by atoms with E-state index in [0.717, 1.165) is 49.4 Å². The zero-order chi connectivity index (χ0) is 13.9. The molecule has 2 heterocycles.